The molecule has 0 radical (unpaired) electrons. The van der Waals surface area contributed by atoms with Gasteiger partial charge in [0, 0.05) is 22.8 Å². The third-order valence-corrected chi connectivity index (χ3v) is 4.95. The van der Waals surface area contributed by atoms with Crippen LogP contribution in [0.4, 0.5) is 29.0 Å². The van der Waals surface area contributed by atoms with Crippen LogP contribution >= 0.6 is 11.6 Å². The quantitative estimate of drug-likeness (QED) is 0.512. The molecule has 1 aliphatic heterocycles. The van der Waals surface area contributed by atoms with Crippen LogP contribution in [0.25, 0.3) is 0 Å². The third kappa shape index (κ3) is 4.66. The average molecular weight is 420 g/mol. The van der Waals surface area contributed by atoms with E-state index in [4.69, 9.17) is 21.6 Å². The number of rotatable bonds is 8. The normalized spacial score (nSPS) is 14.5. The highest BCUT2D eigenvalue weighted by Crippen LogP contribution is 2.41. The van der Waals surface area contributed by atoms with Gasteiger partial charge in [-0.15, -0.1) is 5.53 Å². The molecule has 0 spiro atoms. The minimum atomic E-state index is -0.116. The Bertz CT molecular complexity index is 842. The van der Waals surface area contributed by atoms with Gasteiger partial charge >= 0.3 is 0 Å². The van der Waals surface area contributed by atoms with Gasteiger partial charge in [0.25, 0.3) is 0 Å². The summed E-state index contributed by atoms with van der Waals surface area (Å²) in [6.07, 6.45) is 0.762. The van der Waals surface area contributed by atoms with Gasteiger partial charge in [-0.1, -0.05) is 24.6 Å². The zero-order valence-corrected chi connectivity index (χ0v) is 18.3. The molecular weight excluding hydrogens is 390 g/mol. The lowest BCUT2D eigenvalue weighted by Crippen LogP contribution is -2.50. The van der Waals surface area contributed by atoms with Crippen LogP contribution in [0.5, 0.6) is 0 Å². The average Bonchev–Trinajstić information content (AvgIpc) is 3.06. The monoisotopic (exact) mass is 419 g/mol. The van der Waals surface area contributed by atoms with Crippen LogP contribution in [-0.2, 0) is 0 Å². The van der Waals surface area contributed by atoms with E-state index in [-0.39, 0.29) is 24.7 Å². The minimum absolute atomic E-state index is 0.0122. The van der Waals surface area contributed by atoms with Crippen LogP contribution in [0.15, 0.2) is 24.3 Å². The molecule has 2 aromatic rings. The van der Waals surface area contributed by atoms with Crippen molar-refractivity contribution in [2.75, 3.05) is 27.3 Å². The maximum absolute atomic E-state index is 9.59. The van der Waals surface area contributed by atoms with Gasteiger partial charge in [-0.3, -0.25) is 10.0 Å². The van der Waals surface area contributed by atoms with Crippen molar-refractivity contribution in [3.63, 3.8) is 0 Å². The third-order valence-electron chi connectivity index (χ3n) is 4.72. The van der Waals surface area contributed by atoms with E-state index in [2.05, 4.69) is 48.9 Å². The summed E-state index contributed by atoms with van der Waals surface area (Å²) in [5.74, 6) is 1.91. The fraction of sp³-hybridized carbons (Fsp3) is 0.500. The summed E-state index contributed by atoms with van der Waals surface area (Å²) < 4.78 is 0. The molecule has 0 fully saturated rings. The summed E-state index contributed by atoms with van der Waals surface area (Å²) in [5, 5.41) is 20.9. The molecule has 158 valence electrons. The number of hydrogen-bond donors (Lipinski definition) is 4. The summed E-state index contributed by atoms with van der Waals surface area (Å²) in [6, 6.07) is 7.77. The first-order valence-electron chi connectivity index (χ1n) is 10.0. The lowest BCUT2D eigenvalue weighted by Gasteiger charge is -2.27. The molecule has 1 aliphatic rings. The van der Waals surface area contributed by atoms with Crippen LogP contribution in [0.3, 0.4) is 0 Å². The number of hydrazine groups is 2. The zero-order valence-electron chi connectivity index (χ0n) is 17.6. The van der Waals surface area contributed by atoms with Crippen LogP contribution in [0.2, 0.25) is 5.02 Å². The number of aliphatic hydroxyl groups is 1. The van der Waals surface area contributed by atoms with E-state index < -0.39 is 0 Å². The van der Waals surface area contributed by atoms with Crippen LogP contribution < -0.4 is 26.2 Å². The first-order chi connectivity index (χ1) is 13.8. The summed E-state index contributed by atoms with van der Waals surface area (Å²) in [6.45, 7) is 10.4. The van der Waals surface area contributed by atoms with E-state index in [9.17, 15) is 5.11 Å². The molecule has 1 aromatic heterocycles. The molecule has 1 atom stereocenters. The van der Waals surface area contributed by atoms with Gasteiger partial charge in [0.05, 0.1) is 12.6 Å². The Morgan fingerprint density at radius 1 is 1.14 bits per heavy atom. The number of benzene rings is 1. The van der Waals surface area contributed by atoms with Crippen molar-refractivity contribution in [2.24, 2.45) is 0 Å². The molecule has 3 rings (SSSR count). The van der Waals surface area contributed by atoms with Crippen LogP contribution in [0.1, 0.15) is 41.0 Å². The van der Waals surface area contributed by atoms with Crippen LogP contribution in [0, 0.1) is 0 Å². The molecule has 0 aliphatic carbocycles. The van der Waals surface area contributed by atoms with Gasteiger partial charge in [0.2, 0.25) is 5.95 Å². The van der Waals surface area contributed by atoms with E-state index in [1.165, 1.54) is 0 Å². The summed E-state index contributed by atoms with van der Waals surface area (Å²) >= 11 is 6.17. The predicted molar refractivity (Wildman–Crippen MR) is 120 cm³/mol. The Kier molecular flexibility index (Phi) is 6.66. The molecule has 0 bridgehead atoms. The number of anilines is 5. The Hall–Kier alpha value is -2.29. The van der Waals surface area contributed by atoms with Crippen molar-refractivity contribution < 1.29 is 5.11 Å². The molecular formula is C20H30ClN7O. The van der Waals surface area contributed by atoms with Gasteiger partial charge < -0.3 is 15.7 Å². The number of aromatic nitrogens is 2. The summed E-state index contributed by atoms with van der Waals surface area (Å²) in [4.78, 5) is 9.50. The molecule has 9 heteroatoms. The van der Waals surface area contributed by atoms with Crippen molar-refractivity contribution >= 4 is 40.6 Å². The maximum atomic E-state index is 9.59. The van der Waals surface area contributed by atoms with Gasteiger partial charge in [0.1, 0.15) is 5.69 Å². The number of halogens is 1. The van der Waals surface area contributed by atoms with Crippen molar-refractivity contribution in [2.45, 2.75) is 59.2 Å². The predicted octanol–water partition coefficient (Wildman–Crippen LogP) is 3.92. The second-order valence-electron chi connectivity index (χ2n) is 7.66. The van der Waals surface area contributed by atoms with Crippen molar-refractivity contribution in [1.82, 2.24) is 15.5 Å². The standard InChI is InChI=1S/C20H30ClN7O/c1-6-15(11-29)23-20-24-18(22-16-9-7-8-14(21)10-16)17-19(25-20)28(13(4)5)26-27(17)12(2)3/h7-10,12-13,15,26,29H,6,11H2,1-5H3,(H2,22,23,24,25). The SMILES string of the molecule is CCC(CO)Nc1nc(Nc2cccc(Cl)c2)c2c(n1)N(C(C)C)NN2C(C)C. The molecule has 2 heterocycles. The van der Waals surface area contributed by atoms with Crippen molar-refractivity contribution in [3.05, 3.63) is 29.3 Å². The second-order valence-corrected chi connectivity index (χ2v) is 8.10. The molecule has 4 N–H and O–H groups in total. The molecule has 29 heavy (non-hydrogen) atoms. The van der Waals surface area contributed by atoms with E-state index in [0.29, 0.717) is 16.8 Å². The smallest absolute Gasteiger partial charge is 0.227 e. The fourth-order valence-electron chi connectivity index (χ4n) is 3.09. The molecule has 0 saturated carbocycles. The number of hydrogen-bond acceptors (Lipinski definition) is 8. The fourth-order valence-corrected chi connectivity index (χ4v) is 3.28. The number of fused-ring (bicyclic) bond motifs is 1. The summed E-state index contributed by atoms with van der Waals surface area (Å²) in [7, 11) is 0. The molecule has 0 amide bonds. The Morgan fingerprint density at radius 3 is 2.45 bits per heavy atom. The first kappa shape index (κ1) is 21.4. The highest BCUT2D eigenvalue weighted by molar-refractivity contribution is 6.30. The highest BCUT2D eigenvalue weighted by Gasteiger charge is 2.35. The maximum Gasteiger partial charge on any atom is 0.227 e. The first-order valence-corrected chi connectivity index (χ1v) is 10.4. The van der Waals surface area contributed by atoms with Gasteiger partial charge in [-0.2, -0.15) is 9.97 Å². The van der Waals surface area contributed by atoms with E-state index in [1.807, 2.05) is 36.2 Å². The number of nitrogens with zero attached hydrogens (tertiary/aromatic N) is 4. The van der Waals surface area contributed by atoms with E-state index >= 15 is 0 Å². The Balaban J connectivity index is 2.10. The van der Waals surface area contributed by atoms with E-state index in [0.717, 1.165) is 23.6 Å². The van der Waals surface area contributed by atoms with Crippen LogP contribution in [-0.4, -0.2) is 39.8 Å². The second kappa shape index (κ2) is 9.02. The van der Waals surface area contributed by atoms with Gasteiger partial charge in [-0.25, -0.2) is 0 Å². The van der Waals surface area contributed by atoms with Gasteiger partial charge in [0.15, 0.2) is 11.6 Å². The Morgan fingerprint density at radius 2 is 1.86 bits per heavy atom. The highest BCUT2D eigenvalue weighted by atomic mass is 35.5. The number of nitrogens with one attached hydrogen (secondary N) is 3. The molecule has 8 nitrogen and oxygen atoms in total. The Labute approximate surface area is 177 Å². The lowest BCUT2D eigenvalue weighted by molar-refractivity contribution is 0.271. The lowest BCUT2D eigenvalue weighted by atomic mass is 10.2. The topological polar surface area (TPSA) is 88.6 Å². The number of aliphatic hydroxyl groups excluding tert-OH is 1. The van der Waals surface area contributed by atoms with Gasteiger partial charge in [-0.05, 0) is 52.3 Å². The van der Waals surface area contributed by atoms with E-state index in [1.54, 1.807) is 0 Å². The largest absolute Gasteiger partial charge is 0.394 e. The van der Waals surface area contributed by atoms with Crippen molar-refractivity contribution in [1.29, 1.82) is 0 Å². The van der Waals surface area contributed by atoms with Crippen molar-refractivity contribution in [3.8, 4) is 0 Å². The molecule has 0 saturated heterocycles. The minimum Gasteiger partial charge on any atom is -0.394 e. The molecule has 1 aromatic carbocycles. The zero-order chi connectivity index (χ0) is 21.1. The molecule has 1 unspecified atom stereocenters. The summed E-state index contributed by atoms with van der Waals surface area (Å²) in [5.41, 5.74) is 5.13.